The third-order valence-corrected chi connectivity index (χ3v) is 3.41. The van der Waals surface area contributed by atoms with Crippen LogP contribution in [-0.2, 0) is 14.3 Å². The number of carbonyl (C=O) groups is 3. The lowest BCUT2D eigenvalue weighted by Crippen LogP contribution is -2.53. The lowest BCUT2D eigenvalue weighted by atomic mass is 10.1. The Morgan fingerprint density at radius 1 is 1.38 bits per heavy atom. The average Bonchev–Trinajstić information content (AvgIpc) is 2.53. The topological polar surface area (TPSA) is 123 Å². The minimum absolute atomic E-state index is 0. The zero-order valence-corrected chi connectivity index (χ0v) is 14.0. The summed E-state index contributed by atoms with van der Waals surface area (Å²) in [6.07, 6.45) is -0.231. The molecule has 1 saturated heterocycles. The second-order valence-corrected chi connectivity index (χ2v) is 5.23. The van der Waals surface area contributed by atoms with Crippen molar-refractivity contribution < 1.29 is 19.1 Å². The molecule has 24 heavy (non-hydrogen) atoms. The van der Waals surface area contributed by atoms with Gasteiger partial charge in [0, 0.05) is 17.8 Å². The summed E-state index contributed by atoms with van der Waals surface area (Å²) in [6, 6.07) is 5.98. The van der Waals surface area contributed by atoms with Gasteiger partial charge in [-0.2, -0.15) is 0 Å². The number of rotatable bonds is 5. The van der Waals surface area contributed by atoms with Crippen LogP contribution in [-0.4, -0.2) is 49.6 Å². The molecule has 1 aliphatic rings. The number of morpholine rings is 1. The monoisotopic (exact) mass is 356 g/mol. The molecule has 1 aromatic carbocycles. The molecule has 2 atom stereocenters. The predicted octanol–water partition coefficient (Wildman–Crippen LogP) is -0.361. The molecule has 0 unspecified atom stereocenters. The minimum Gasteiger partial charge on any atom is -0.375 e. The first-order valence-electron chi connectivity index (χ1n) is 7.30. The fourth-order valence-electron chi connectivity index (χ4n) is 2.25. The molecule has 0 spiro atoms. The standard InChI is InChI=1S/C15H20N4O4.ClH/c1-9-13(17-5-6-23-9)15(22)19-11-4-2-3-10(7-11)14(21)18-8-12(16)20;/h2-4,7,9,13,17H,5-6,8H2,1H3,(H2,16,20)(H,18,21)(H,19,22);1H/t9-,13+;/m1./s1. The molecule has 0 bridgehead atoms. The number of amides is 3. The van der Waals surface area contributed by atoms with Crippen molar-refractivity contribution >= 4 is 35.8 Å². The van der Waals surface area contributed by atoms with E-state index < -0.39 is 17.9 Å². The van der Waals surface area contributed by atoms with Crippen molar-refractivity contribution in [3.8, 4) is 0 Å². The number of nitrogens with two attached hydrogens (primary N) is 1. The Balaban J connectivity index is 0.00000288. The molecule has 1 fully saturated rings. The van der Waals surface area contributed by atoms with Gasteiger partial charge in [-0.05, 0) is 25.1 Å². The van der Waals surface area contributed by atoms with Crippen LogP contribution in [0.3, 0.4) is 0 Å². The largest absolute Gasteiger partial charge is 0.375 e. The number of primary amides is 1. The zero-order valence-electron chi connectivity index (χ0n) is 13.2. The van der Waals surface area contributed by atoms with E-state index in [1.165, 1.54) is 6.07 Å². The van der Waals surface area contributed by atoms with Crippen molar-refractivity contribution in [2.75, 3.05) is 25.0 Å². The number of benzene rings is 1. The van der Waals surface area contributed by atoms with Crippen LogP contribution in [0.15, 0.2) is 24.3 Å². The number of hydrogen-bond acceptors (Lipinski definition) is 5. The van der Waals surface area contributed by atoms with Crippen molar-refractivity contribution in [1.82, 2.24) is 10.6 Å². The zero-order chi connectivity index (χ0) is 16.8. The van der Waals surface area contributed by atoms with Crippen LogP contribution in [0.5, 0.6) is 0 Å². The number of nitrogens with one attached hydrogen (secondary N) is 3. The van der Waals surface area contributed by atoms with E-state index in [0.717, 1.165) is 0 Å². The van der Waals surface area contributed by atoms with Gasteiger partial charge in [-0.1, -0.05) is 6.07 Å². The van der Waals surface area contributed by atoms with E-state index in [4.69, 9.17) is 10.5 Å². The molecule has 0 saturated carbocycles. The van der Waals surface area contributed by atoms with E-state index >= 15 is 0 Å². The van der Waals surface area contributed by atoms with Crippen LogP contribution in [0.4, 0.5) is 5.69 Å². The third-order valence-electron chi connectivity index (χ3n) is 3.41. The van der Waals surface area contributed by atoms with Gasteiger partial charge in [-0.3, -0.25) is 14.4 Å². The van der Waals surface area contributed by atoms with Crippen molar-refractivity contribution in [3.05, 3.63) is 29.8 Å². The minimum atomic E-state index is -0.625. The van der Waals surface area contributed by atoms with E-state index in [1.54, 1.807) is 18.2 Å². The summed E-state index contributed by atoms with van der Waals surface area (Å²) in [5.41, 5.74) is 5.79. The summed E-state index contributed by atoms with van der Waals surface area (Å²) >= 11 is 0. The summed E-state index contributed by atoms with van der Waals surface area (Å²) in [5, 5.41) is 8.23. The van der Waals surface area contributed by atoms with Crippen molar-refractivity contribution in [2.45, 2.75) is 19.1 Å². The maximum absolute atomic E-state index is 12.3. The van der Waals surface area contributed by atoms with Gasteiger partial charge in [0.25, 0.3) is 5.91 Å². The predicted molar refractivity (Wildman–Crippen MR) is 91.1 cm³/mol. The molecule has 132 valence electrons. The Morgan fingerprint density at radius 3 is 2.79 bits per heavy atom. The molecule has 2 rings (SSSR count). The molecule has 5 N–H and O–H groups in total. The van der Waals surface area contributed by atoms with Gasteiger partial charge in [0.1, 0.15) is 6.04 Å². The highest BCUT2D eigenvalue weighted by atomic mass is 35.5. The highest BCUT2D eigenvalue weighted by Crippen LogP contribution is 2.13. The van der Waals surface area contributed by atoms with Gasteiger partial charge in [-0.15, -0.1) is 12.4 Å². The summed E-state index contributed by atoms with van der Waals surface area (Å²) in [5.74, 6) is -1.29. The Hall–Kier alpha value is -2.16. The van der Waals surface area contributed by atoms with Crippen LogP contribution >= 0.6 is 12.4 Å². The number of halogens is 1. The third kappa shape index (κ3) is 5.48. The molecule has 0 aromatic heterocycles. The van der Waals surface area contributed by atoms with Gasteiger partial charge < -0.3 is 26.4 Å². The number of hydrogen-bond donors (Lipinski definition) is 4. The van der Waals surface area contributed by atoms with E-state index in [1.807, 2.05) is 6.92 Å². The van der Waals surface area contributed by atoms with Crippen LogP contribution in [0, 0.1) is 0 Å². The van der Waals surface area contributed by atoms with Crippen molar-refractivity contribution in [3.63, 3.8) is 0 Å². The smallest absolute Gasteiger partial charge is 0.251 e. The molecule has 0 aliphatic carbocycles. The average molecular weight is 357 g/mol. The highest BCUT2D eigenvalue weighted by Gasteiger charge is 2.28. The van der Waals surface area contributed by atoms with Crippen LogP contribution in [0.25, 0.3) is 0 Å². The normalized spacial score (nSPS) is 19.7. The first-order valence-corrected chi connectivity index (χ1v) is 7.30. The number of carbonyl (C=O) groups excluding carboxylic acids is 3. The maximum atomic E-state index is 12.3. The Bertz CT molecular complexity index is 611. The Labute approximate surface area is 145 Å². The van der Waals surface area contributed by atoms with Crippen molar-refractivity contribution in [2.24, 2.45) is 5.73 Å². The summed E-state index contributed by atoms with van der Waals surface area (Å²) in [4.78, 5) is 34.8. The van der Waals surface area contributed by atoms with Crippen molar-refractivity contribution in [1.29, 1.82) is 0 Å². The fourth-order valence-corrected chi connectivity index (χ4v) is 2.25. The van der Waals surface area contributed by atoms with E-state index in [0.29, 0.717) is 24.4 Å². The van der Waals surface area contributed by atoms with Gasteiger partial charge in [-0.25, -0.2) is 0 Å². The van der Waals surface area contributed by atoms with Gasteiger partial charge in [0.2, 0.25) is 11.8 Å². The summed E-state index contributed by atoms with van der Waals surface area (Å²) in [7, 11) is 0. The van der Waals surface area contributed by atoms with E-state index in [9.17, 15) is 14.4 Å². The fraction of sp³-hybridized carbons (Fsp3) is 0.400. The van der Waals surface area contributed by atoms with Gasteiger partial charge >= 0.3 is 0 Å². The van der Waals surface area contributed by atoms with Gasteiger partial charge in [0.15, 0.2) is 0 Å². The maximum Gasteiger partial charge on any atom is 0.251 e. The summed E-state index contributed by atoms with van der Waals surface area (Å²) in [6.45, 7) is 2.76. The SMILES string of the molecule is C[C@H]1OCCN[C@@H]1C(=O)Nc1cccc(C(=O)NCC(N)=O)c1.Cl. The van der Waals surface area contributed by atoms with Gasteiger partial charge in [0.05, 0.1) is 19.3 Å². The molecule has 1 heterocycles. The second-order valence-electron chi connectivity index (χ2n) is 5.23. The summed E-state index contributed by atoms with van der Waals surface area (Å²) < 4.78 is 5.43. The molecule has 8 nitrogen and oxygen atoms in total. The molecule has 3 amide bonds. The first-order chi connectivity index (χ1) is 11.0. The molecular formula is C15H21ClN4O4. The quantitative estimate of drug-likeness (QED) is 0.573. The van der Waals surface area contributed by atoms with Crippen LogP contribution in [0.2, 0.25) is 0 Å². The Morgan fingerprint density at radius 2 is 2.12 bits per heavy atom. The lowest BCUT2D eigenvalue weighted by molar-refractivity contribution is -0.123. The molecular weight excluding hydrogens is 336 g/mol. The van der Waals surface area contributed by atoms with E-state index in [2.05, 4.69) is 16.0 Å². The first kappa shape index (κ1) is 19.9. The van der Waals surface area contributed by atoms with Crippen LogP contribution < -0.4 is 21.7 Å². The number of ether oxygens (including phenoxy) is 1. The molecule has 0 radical (unpaired) electrons. The lowest BCUT2D eigenvalue weighted by Gasteiger charge is -2.29. The van der Waals surface area contributed by atoms with E-state index in [-0.39, 0.29) is 31.0 Å². The Kier molecular flexibility index (Phi) is 7.63. The molecule has 1 aromatic rings. The second kappa shape index (κ2) is 9.21. The van der Waals surface area contributed by atoms with Crippen LogP contribution in [0.1, 0.15) is 17.3 Å². The molecule has 9 heteroatoms. The highest BCUT2D eigenvalue weighted by molar-refractivity contribution is 5.99. The molecule has 1 aliphatic heterocycles. The number of anilines is 1.